The molecule has 0 radical (unpaired) electrons. The van der Waals surface area contributed by atoms with Gasteiger partial charge in [0.15, 0.2) is 0 Å². The Morgan fingerprint density at radius 1 is 1.35 bits per heavy atom. The Hall–Kier alpha value is -1.30. The first-order chi connectivity index (χ1) is 9.63. The Bertz CT molecular complexity index is 361. The van der Waals surface area contributed by atoms with E-state index in [9.17, 15) is 9.59 Å². The van der Waals surface area contributed by atoms with Crippen molar-refractivity contribution in [2.75, 3.05) is 39.3 Å². The van der Waals surface area contributed by atoms with Crippen molar-refractivity contribution in [3.63, 3.8) is 0 Å². The number of likely N-dealkylation sites (N-methyl/N-ethyl adjacent to an activating group) is 1. The molecule has 0 aromatic carbocycles. The zero-order valence-electron chi connectivity index (χ0n) is 12.5. The fraction of sp³-hybridized carbons (Fsp3) is 0.857. The van der Waals surface area contributed by atoms with Crippen LogP contribution in [0.2, 0.25) is 0 Å². The molecular formula is C14H26N4O2. The molecule has 2 unspecified atom stereocenters. The van der Waals surface area contributed by atoms with Gasteiger partial charge >= 0.3 is 6.03 Å². The lowest BCUT2D eigenvalue weighted by Gasteiger charge is -2.40. The van der Waals surface area contributed by atoms with Gasteiger partial charge in [-0.25, -0.2) is 4.79 Å². The lowest BCUT2D eigenvalue weighted by Crippen LogP contribution is -2.62. The summed E-state index contributed by atoms with van der Waals surface area (Å²) in [5, 5.41) is 6.02. The van der Waals surface area contributed by atoms with Crippen LogP contribution in [0.25, 0.3) is 0 Å². The van der Waals surface area contributed by atoms with Crippen LogP contribution in [0.3, 0.4) is 0 Å². The van der Waals surface area contributed by atoms with Gasteiger partial charge in [-0.05, 0) is 25.7 Å². The molecule has 114 valence electrons. The average Bonchev–Trinajstić information content (AvgIpc) is 2.47. The van der Waals surface area contributed by atoms with Crippen LogP contribution in [0, 0.1) is 5.92 Å². The third-order valence-electron chi connectivity index (χ3n) is 4.07. The van der Waals surface area contributed by atoms with Gasteiger partial charge in [-0.3, -0.25) is 4.79 Å². The van der Waals surface area contributed by atoms with Crippen molar-refractivity contribution in [2.24, 2.45) is 5.92 Å². The first-order valence-corrected chi connectivity index (χ1v) is 7.67. The van der Waals surface area contributed by atoms with Crippen LogP contribution in [0.4, 0.5) is 4.79 Å². The summed E-state index contributed by atoms with van der Waals surface area (Å²) in [6.45, 7) is 8.20. The number of piperazine rings is 1. The third kappa shape index (κ3) is 3.42. The maximum atomic E-state index is 12.7. The summed E-state index contributed by atoms with van der Waals surface area (Å²) < 4.78 is 0. The molecule has 0 aliphatic carbocycles. The quantitative estimate of drug-likeness (QED) is 0.763. The molecule has 2 saturated heterocycles. The van der Waals surface area contributed by atoms with Gasteiger partial charge in [0, 0.05) is 39.3 Å². The van der Waals surface area contributed by atoms with Gasteiger partial charge in [-0.2, -0.15) is 0 Å². The number of amides is 3. The van der Waals surface area contributed by atoms with Crippen LogP contribution in [0.1, 0.15) is 26.7 Å². The molecule has 0 aromatic heterocycles. The normalized spacial score (nSPS) is 27.3. The Morgan fingerprint density at radius 3 is 2.85 bits per heavy atom. The average molecular weight is 282 g/mol. The first kappa shape index (κ1) is 15.1. The molecule has 2 rings (SSSR count). The van der Waals surface area contributed by atoms with Crippen molar-refractivity contribution in [3.05, 3.63) is 0 Å². The number of hydrogen-bond acceptors (Lipinski definition) is 3. The summed E-state index contributed by atoms with van der Waals surface area (Å²) in [6, 6.07) is -0.359. The lowest BCUT2D eigenvalue weighted by atomic mass is 10.0. The molecule has 2 aliphatic rings. The molecule has 2 aliphatic heterocycles. The van der Waals surface area contributed by atoms with E-state index in [4.69, 9.17) is 0 Å². The molecule has 0 aromatic rings. The van der Waals surface area contributed by atoms with Crippen molar-refractivity contribution < 1.29 is 9.59 Å². The van der Waals surface area contributed by atoms with Crippen molar-refractivity contribution in [1.82, 2.24) is 20.4 Å². The van der Waals surface area contributed by atoms with E-state index in [1.54, 1.807) is 4.90 Å². The Morgan fingerprint density at radius 2 is 2.15 bits per heavy atom. The highest BCUT2D eigenvalue weighted by Gasteiger charge is 2.35. The monoisotopic (exact) mass is 282 g/mol. The molecule has 6 nitrogen and oxygen atoms in total. The van der Waals surface area contributed by atoms with Gasteiger partial charge in [0.05, 0.1) is 0 Å². The fourth-order valence-corrected chi connectivity index (χ4v) is 3.00. The highest BCUT2D eigenvalue weighted by molar-refractivity contribution is 5.87. The number of rotatable bonds is 2. The maximum Gasteiger partial charge on any atom is 0.320 e. The second kappa shape index (κ2) is 6.92. The van der Waals surface area contributed by atoms with Gasteiger partial charge in [0.2, 0.25) is 5.91 Å². The molecule has 0 saturated carbocycles. The highest BCUT2D eigenvalue weighted by atomic mass is 16.2. The van der Waals surface area contributed by atoms with E-state index in [0.717, 1.165) is 26.1 Å². The van der Waals surface area contributed by atoms with E-state index in [1.807, 2.05) is 11.8 Å². The van der Waals surface area contributed by atoms with Gasteiger partial charge in [0.1, 0.15) is 6.04 Å². The number of hydrogen-bond donors (Lipinski definition) is 2. The molecule has 20 heavy (non-hydrogen) atoms. The van der Waals surface area contributed by atoms with Crippen LogP contribution in [0.15, 0.2) is 0 Å². The van der Waals surface area contributed by atoms with Crippen LogP contribution in [0.5, 0.6) is 0 Å². The smallest absolute Gasteiger partial charge is 0.320 e. The van der Waals surface area contributed by atoms with Gasteiger partial charge in [0.25, 0.3) is 0 Å². The standard InChI is InChI=1S/C14H26N4O2/c1-3-16-13(19)12-9-15-6-8-18(12)14(20)17-7-4-5-11(2)10-17/h11-12,15H,3-10H2,1-2H3,(H,16,19). The SMILES string of the molecule is CCNC(=O)C1CNCCN1C(=O)N1CCCC(C)C1. The third-order valence-corrected chi connectivity index (χ3v) is 4.07. The van der Waals surface area contributed by atoms with Crippen LogP contribution < -0.4 is 10.6 Å². The summed E-state index contributed by atoms with van der Waals surface area (Å²) in [5.74, 6) is 0.497. The summed E-state index contributed by atoms with van der Waals surface area (Å²) in [7, 11) is 0. The van der Waals surface area contributed by atoms with Crippen molar-refractivity contribution in [2.45, 2.75) is 32.7 Å². The molecule has 2 fully saturated rings. The van der Waals surface area contributed by atoms with Crippen molar-refractivity contribution >= 4 is 11.9 Å². The first-order valence-electron chi connectivity index (χ1n) is 7.67. The molecule has 2 N–H and O–H groups in total. The molecule has 2 heterocycles. The maximum absolute atomic E-state index is 12.7. The van der Waals surface area contributed by atoms with E-state index in [0.29, 0.717) is 25.6 Å². The number of nitrogens with one attached hydrogen (secondary N) is 2. The second-order valence-electron chi connectivity index (χ2n) is 5.78. The molecule has 2 atom stereocenters. The number of likely N-dealkylation sites (tertiary alicyclic amines) is 1. The minimum atomic E-state index is -0.381. The number of urea groups is 1. The Labute approximate surface area is 120 Å². The minimum Gasteiger partial charge on any atom is -0.355 e. The van der Waals surface area contributed by atoms with Crippen molar-refractivity contribution in [3.8, 4) is 0 Å². The molecule has 0 spiro atoms. The summed E-state index contributed by atoms with van der Waals surface area (Å²) >= 11 is 0. The fourth-order valence-electron chi connectivity index (χ4n) is 3.00. The zero-order valence-corrected chi connectivity index (χ0v) is 12.5. The Kier molecular flexibility index (Phi) is 5.23. The number of carbonyl (C=O) groups is 2. The summed E-state index contributed by atoms with van der Waals surface area (Å²) in [5.41, 5.74) is 0. The minimum absolute atomic E-state index is 0.0225. The molecule has 6 heteroatoms. The second-order valence-corrected chi connectivity index (χ2v) is 5.78. The van der Waals surface area contributed by atoms with E-state index >= 15 is 0 Å². The Balaban J connectivity index is 2.03. The predicted molar refractivity (Wildman–Crippen MR) is 77.4 cm³/mol. The number of nitrogens with zero attached hydrogens (tertiary/aromatic N) is 2. The van der Waals surface area contributed by atoms with Gasteiger partial charge < -0.3 is 20.4 Å². The van der Waals surface area contributed by atoms with E-state index in [1.165, 1.54) is 6.42 Å². The van der Waals surface area contributed by atoms with E-state index in [-0.39, 0.29) is 18.0 Å². The highest BCUT2D eigenvalue weighted by Crippen LogP contribution is 2.18. The van der Waals surface area contributed by atoms with Gasteiger partial charge in [-0.15, -0.1) is 0 Å². The zero-order chi connectivity index (χ0) is 14.5. The van der Waals surface area contributed by atoms with Crippen LogP contribution >= 0.6 is 0 Å². The van der Waals surface area contributed by atoms with E-state index in [2.05, 4.69) is 17.6 Å². The topological polar surface area (TPSA) is 64.7 Å². The summed E-state index contributed by atoms with van der Waals surface area (Å²) in [6.07, 6.45) is 2.25. The van der Waals surface area contributed by atoms with Crippen LogP contribution in [-0.2, 0) is 4.79 Å². The lowest BCUT2D eigenvalue weighted by molar-refractivity contribution is -0.126. The predicted octanol–water partition coefficient (Wildman–Crippen LogP) is 0.248. The molecule has 3 amide bonds. The van der Waals surface area contributed by atoms with Gasteiger partial charge in [-0.1, -0.05) is 6.92 Å². The summed E-state index contributed by atoms with van der Waals surface area (Å²) in [4.78, 5) is 28.4. The van der Waals surface area contributed by atoms with E-state index < -0.39 is 0 Å². The number of carbonyl (C=O) groups excluding carboxylic acids is 2. The number of piperidine rings is 1. The van der Waals surface area contributed by atoms with Crippen molar-refractivity contribution in [1.29, 1.82) is 0 Å². The largest absolute Gasteiger partial charge is 0.355 e. The van der Waals surface area contributed by atoms with Crippen LogP contribution in [-0.4, -0.2) is 67.0 Å². The molecular weight excluding hydrogens is 256 g/mol. The molecule has 0 bridgehead atoms.